The summed E-state index contributed by atoms with van der Waals surface area (Å²) in [5.74, 6) is -0.225. The highest BCUT2D eigenvalue weighted by Crippen LogP contribution is 2.11. The molecule has 0 radical (unpaired) electrons. The molecule has 0 aliphatic rings. The Balaban J connectivity index is 2.79. The molecule has 4 nitrogen and oxygen atoms in total. The molecule has 0 aliphatic carbocycles. The summed E-state index contributed by atoms with van der Waals surface area (Å²) in [6.07, 6.45) is -0.627. The summed E-state index contributed by atoms with van der Waals surface area (Å²) in [4.78, 5) is 13.5. The van der Waals surface area contributed by atoms with Gasteiger partial charge in [0.2, 0.25) is 0 Å². The van der Waals surface area contributed by atoms with E-state index in [9.17, 15) is 9.90 Å². The third-order valence-electron chi connectivity index (χ3n) is 2.23. The normalized spacial score (nSPS) is 12.2. The second kappa shape index (κ2) is 6.59. The number of halogens is 1. The number of rotatable bonds is 5. The number of aliphatic hydroxyl groups is 2. The zero-order chi connectivity index (χ0) is 12.8. The molecule has 1 atom stereocenters. The summed E-state index contributed by atoms with van der Waals surface area (Å²) in [6, 6.07) is 6.51. The summed E-state index contributed by atoms with van der Waals surface area (Å²) < 4.78 is 0. The quantitative estimate of drug-likeness (QED) is 0.832. The van der Waals surface area contributed by atoms with Crippen LogP contribution in [0.4, 0.5) is 0 Å². The molecule has 0 bridgehead atoms. The number of carbonyl (C=O) groups excluding carboxylic acids is 1. The molecule has 0 aliphatic heterocycles. The lowest BCUT2D eigenvalue weighted by Crippen LogP contribution is -2.38. The molecular formula is C12H16ClNO3. The van der Waals surface area contributed by atoms with Gasteiger partial charge in [-0.05, 0) is 31.2 Å². The molecule has 1 amide bonds. The predicted octanol–water partition coefficient (Wildman–Crippen LogP) is 1.16. The van der Waals surface area contributed by atoms with E-state index in [0.29, 0.717) is 10.6 Å². The molecular weight excluding hydrogens is 242 g/mol. The molecule has 17 heavy (non-hydrogen) atoms. The Morgan fingerprint density at radius 2 is 2.00 bits per heavy atom. The van der Waals surface area contributed by atoms with Gasteiger partial charge in [-0.2, -0.15) is 0 Å². The van der Waals surface area contributed by atoms with E-state index in [1.165, 1.54) is 4.90 Å². The van der Waals surface area contributed by atoms with Crippen LogP contribution in [0.1, 0.15) is 17.3 Å². The summed E-state index contributed by atoms with van der Waals surface area (Å²) >= 11 is 5.74. The van der Waals surface area contributed by atoms with Crippen molar-refractivity contribution in [1.29, 1.82) is 0 Å². The van der Waals surface area contributed by atoms with Gasteiger partial charge >= 0.3 is 0 Å². The summed E-state index contributed by atoms with van der Waals surface area (Å²) in [5, 5.41) is 18.7. The second-order valence-electron chi connectivity index (χ2n) is 3.83. The largest absolute Gasteiger partial charge is 0.395 e. The van der Waals surface area contributed by atoms with E-state index < -0.39 is 6.10 Å². The van der Waals surface area contributed by atoms with Crippen LogP contribution in [0.15, 0.2) is 24.3 Å². The molecule has 0 saturated heterocycles. The van der Waals surface area contributed by atoms with Crippen LogP contribution >= 0.6 is 11.6 Å². The molecule has 5 heteroatoms. The average molecular weight is 258 g/mol. The van der Waals surface area contributed by atoms with E-state index in [4.69, 9.17) is 16.7 Å². The SMILES string of the molecule is CC(O)CN(CCO)C(=O)c1ccc(Cl)cc1. The van der Waals surface area contributed by atoms with Crippen LogP contribution in [0.2, 0.25) is 5.02 Å². The van der Waals surface area contributed by atoms with Gasteiger partial charge in [-0.25, -0.2) is 0 Å². The van der Waals surface area contributed by atoms with Crippen molar-refractivity contribution in [3.05, 3.63) is 34.9 Å². The first-order chi connectivity index (χ1) is 8.04. The molecule has 0 heterocycles. The maximum Gasteiger partial charge on any atom is 0.254 e. The topological polar surface area (TPSA) is 60.8 Å². The minimum absolute atomic E-state index is 0.133. The van der Waals surface area contributed by atoms with Gasteiger partial charge in [0.25, 0.3) is 5.91 Å². The molecule has 0 aromatic heterocycles. The van der Waals surface area contributed by atoms with Crippen molar-refractivity contribution in [3.8, 4) is 0 Å². The fraction of sp³-hybridized carbons (Fsp3) is 0.417. The third kappa shape index (κ3) is 4.34. The number of amides is 1. The first kappa shape index (κ1) is 14.0. The molecule has 2 N–H and O–H groups in total. The van der Waals surface area contributed by atoms with E-state index in [-0.39, 0.29) is 25.6 Å². The Kier molecular flexibility index (Phi) is 5.41. The van der Waals surface area contributed by atoms with Crippen molar-refractivity contribution in [1.82, 2.24) is 4.90 Å². The standard InChI is InChI=1S/C12H16ClNO3/c1-9(16)8-14(6-7-15)12(17)10-2-4-11(13)5-3-10/h2-5,9,15-16H,6-8H2,1H3. The summed E-state index contributed by atoms with van der Waals surface area (Å²) in [7, 11) is 0. The van der Waals surface area contributed by atoms with Crippen LogP contribution in [0.25, 0.3) is 0 Å². The van der Waals surface area contributed by atoms with Gasteiger partial charge in [-0.1, -0.05) is 11.6 Å². The maximum absolute atomic E-state index is 12.0. The monoisotopic (exact) mass is 257 g/mol. The lowest BCUT2D eigenvalue weighted by Gasteiger charge is -2.23. The van der Waals surface area contributed by atoms with Crippen LogP contribution < -0.4 is 0 Å². The van der Waals surface area contributed by atoms with Crippen molar-refractivity contribution in [2.45, 2.75) is 13.0 Å². The van der Waals surface area contributed by atoms with Gasteiger partial charge in [-0.3, -0.25) is 4.79 Å². The summed E-state index contributed by atoms with van der Waals surface area (Å²) in [6.45, 7) is 1.86. The molecule has 1 rings (SSSR count). The Morgan fingerprint density at radius 3 is 2.47 bits per heavy atom. The van der Waals surface area contributed by atoms with Crippen LogP contribution in [-0.4, -0.2) is 46.8 Å². The molecule has 0 fully saturated rings. The van der Waals surface area contributed by atoms with E-state index in [0.717, 1.165) is 0 Å². The third-order valence-corrected chi connectivity index (χ3v) is 2.48. The zero-order valence-electron chi connectivity index (χ0n) is 9.64. The molecule has 1 aromatic carbocycles. The number of benzene rings is 1. The molecule has 1 aromatic rings. The summed E-state index contributed by atoms with van der Waals surface area (Å²) in [5.41, 5.74) is 0.489. The van der Waals surface area contributed by atoms with Crippen molar-refractivity contribution in [2.75, 3.05) is 19.7 Å². The number of nitrogens with zero attached hydrogens (tertiary/aromatic N) is 1. The minimum Gasteiger partial charge on any atom is -0.395 e. The number of hydrogen-bond acceptors (Lipinski definition) is 3. The highest BCUT2D eigenvalue weighted by atomic mass is 35.5. The smallest absolute Gasteiger partial charge is 0.254 e. The van der Waals surface area contributed by atoms with Crippen molar-refractivity contribution in [2.24, 2.45) is 0 Å². The van der Waals surface area contributed by atoms with E-state index in [2.05, 4.69) is 0 Å². The van der Waals surface area contributed by atoms with E-state index in [1.807, 2.05) is 0 Å². The van der Waals surface area contributed by atoms with Crippen LogP contribution in [0.5, 0.6) is 0 Å². The van der Waals surface area contributed by atoms with Crippen molar-refractivity contribution >= 4 is 17.5 Å². The lowest BCUT2D eigenvalue weighted by atomic mass is 10.2. The first-order valence-electron chi connectivity index (χ1n) is 5.38. The zero-order valence-corrected chi connectivity index (χ0v) is 10.4. The average Bonchev–Trinajstić information content (AvgIpc) is 2.28. The maximum atomic E-state index is 12.0. The van der Waals surface area contributed by atoms with Gasteiger partial charge in [-0.15, -0.1) is 0 Å². The molecule has 94 valence electrons. The first-order valence-corrected chi connectivity index (χ1v) is 5.76. The van der Waals surface area contributed by atoms with Gasteiger partial charge in [0.15, 0.2) is 0 Å². The predicted molar refractivity (Wildman–Crippen MR) is 66.1 cm³/mol. The highest BCUT2D eigenvalue weighted by Gasteiger charge is 2.16. The number of carbonyl (C=O) groups is 1. The molecule has 0 spiro atoms. The van der Waals surface area contributed by atoms with Gasteiger partial charge < -0.3 is 15.1 Å². The Bertz CT molecular complexity index is 365. The Labute approximate surface area is 105 Å². The van der Waals surface area contributed by atoms with Gasteiger partial charge in [0.05, 0.1) is 12.7 Å². The van der Waals surface area contributed by atoms with E-state index in [1.54, 1.807) is 31.2 Å². The fourth-order valence-corrected chi connectivity index (χ4v) is 1.62. The van der Waals surface area contributed by atoms with Gasteiger partial charge in [0, 0.05) is 23.7 Å². The van der Waals surface area contributed by atoms with Gasteiger partial charge in [0.1, 0.15) is 0 Å². The lowest BCUT2D eigenvalue weighted by molar-refractivity contribution is 0.0605. The molecule has 1 unspecified atom stereocenters. The number of aliphatic hydroxyl groups excluding tert-OH is 2. The van der Waals surface area contributed by atoms with Crippen LogP contribution in [0.3, 0.4) is 0 Å². The van der Waals surface area contributed by atoms with Crippen molar-refractivity contribution in [3.63, 3.8) is 0 Å². The van der Waals surface area contributed by atoms with Crippen LogP contribution in [0, 0.1) is 0 Å². The Hall–Kier alpha value is -1.10. The number of hydrogen-bond donors (Lipinski definition) is 2. The minimum atomic E-state index is -0.627. The van der Waals surface area contributed by atoms with Crippen molar-refractivity contribution < 1.29 is 15.0 Å². The Morgan fingerprint density at radius 1 is 1.41 bits per heavy atom. The van der Waals surface area contributed by atoms with E-state index >= 15 is 0 Å². The highest BCUT2D eigenvalue weighted by molar-refractivity contribution is 6.30. The second-order valence-corrected chi connectivity index (χ2v) is 4.27. The fourth-order valence-electron chi connectivity index (χ4n) is 1.49. The van der Waals surface area contributed by atoms with Crippen LogP contribution in [-0.2, 0) is 0 Å². The molecule has 0 saturated carbocycles.